The Hall–Kier alpha value is -3.48. The summed E-state index contributed by atoms with van der Waals surface area (Å²) in [5, 5.41) is 4.10. The normalized spacial score (nSPS) is 16.4. The molecule has 0 spiro atoms. The fourth-order valence-electron chi connectivity index (χ4n) is 4.41. The molecule has 1 N–H and O–H groups in total. The molecule has 1 amide bonds. The molecule has 0 unspecified atom stereocenters. The van der Waals surface area contributed by atoms with Gasteiger partial charge in [-0.05, 0) is 44.0 Å². The predicted molar refractivity (Wildman–Crippen MR) is 117 cm³/mol. The number of carbonyl (C=O) groups excluding carboxylic acids is 1. The molecular weight excluding hydrogens is 376 g/mol. The average molecular weight is 400 g/mol. The van der Waals surface area contributed by atoms with Crippen molar-refractivity contribution in [3.8, 4) is 0 Å². The van der Waals surface area contributed by atoms with Gasteiger partial charge in [-0.3, -0.25) is 4.79 Å². The van der Waals surface area contributed by atoms with E-state index in [2.05, 4.69) is 37.7 Å². The van der Waals surface area contributed by atoms with Gasteiger partial charge in [0.05, 0.1) is 23.1 Å². The largest absolute Gasteiger partial charge is 0.347 e. The summed E-state index contributed by atoms with van der Waals surface area (Å²) in [7, 11) is 0. The van der Waals surface area contributed by atoms with Crippen molar-refractivity contribution in [2.45, 2.75) is 38.9 Å². The van der Waals surface area contributed by atoms with E-state index in [4.69, 9.17) is 4.98 Å². The van der Waals surface area contributed by atoms with Crippen LogP contribution in [0.2, 0.25) is 0 Å². The standard InChI is InChI=1S/C23H24N6O/c1-2-28-19-11-6-5-10-18(19)27-21(28)14-24-23(30)20-12-7-13-29(20)22-16-8-3-4-9-17(16)25-15-26-22/h3-6,8-11,15,20H,2,7,12-14H2,1H3,(H,24,30)/t20-/m0/s1. The van der Waals surface area contributed by atoms with Crippen molar-refractivity contribution in [1.82, 2.24) is 24.8 Å². The smallest absolute Gasteiger partial charge is 0.243 e. The van der Waals surface area contributed by atoms with E-state index in [1.54, 1.807) is 6.33 Å². The molecule has 1 fully saturated rings. The van der Waals surface area contributed by atoms with Crippen LogP contribution in [-0.4, -0.2) is 38.0 Å². The average Bonchev–Trinajstić information content (AvgIpc) is 3.41. The number of rotatable bonds is 5. The van der Waals surface area contributed by atoms with Crippen LogP contribution in [0, 0.1) is 0 Å². The molecule has 2 aromatic heterocycles. The van der Waals surface area contributed by atoms with Crippen molar-refractivity contribution in [2.24, 2.45) is 0 Å². The maximum atomic E-state index is 13.1. The highest BCUT2D eigenvalue weighted by Gasteiger charge is 2.32. The Morgan fingerprint density at radius 3 is 2.77 bits per heavy atom. The summed E-state index contributed by atoms with van der Waals surface area (Å²) in [6.45, 7) is 4.13. The third kappa shape index (κ3) is 3.16. The molecule has 7 heteroatoms. The molecule has 0 bridgehead atoms. The number of anilines is 1. The second kappa shape index (κ2) is 7.74. The summed E-state index contributed by atoms with van der Waals surface area (Å²) in [5.41, 5.74) is 2.95. The highest BCUT2D eigenvalue weighted by atomic mass is 16.2. The molecule has 1 aliphatic heterocycles. The highest BCUT2D eigenvalue weighted by molar-refractivity contribution is 5.93. The molecule has 1 aliphatic rings. The molecule has 5 rings (SSSR count). The Labute approximate surface area is 174 Å². The van der Waals surface area contributed by atoms with E-state index < -0.39 is 0 Å². The zero-order valence-electron chi connectivity index (χ0n) is 17.0. The third-order valence-corrected chi connectivity index (χ3v) is 5.82. The number of nitrogens with zero attached hydrogens (tertiary/aromatic N) is 5. The van der Waals surface area contributed by atoms with Gasteiger partial charge in [0.25, 0.3) is 0 Å². The maximum absolute atomic E-state index is 13.1. The number of aromatic nitrogens is 4. The van der Waals surface area contributed by atoms with Crippen LogP contribution < -0.4 is 10.2 Å². The molecule has 30 heavy (non-hydrogen) atoms. The predicted octanol–water partition coefficient (Wildman–Crippen LogP) is 3.28. The lowest BCUT2D eigenvalue weighted by Crippen LogP contribution is -2.43. The Balaban J connectivity index is 1.37. The van der Waals surface area contributed by atoms with Crippen LogP contribution in [0.15, 0.2) is 54.9 Å². The van der Waals surface area contributed by atoms with E-state index in [-0.39, 0.29) is 11.9 Å². The first-order chi connectivity index (χ1) is 14.8. The molecule has 2 aromatic carbocycles. The van der Waals surface area contributed by atoms with Crippen LogP contribution in [0.5, 0.6) is 0 Å². The van der Waals surface area contributed by atoms with Crippen LogP contribution in [0.1, 0.15) is 25.6 Å². The fraction of sp³-hybridized carbons (Fsp3) is 0.304. The lowest BCUT2D eigenvalue weighted by molar-refractivity contribution is -0.122. The zero-order chi connectivity index (χ0) is 20.5. The summed E-state index contributed by atoms with van der Waals surface area (Å²) in [6, 6.07) is 15.8. The molecule has 7 nitrogen and oxygen atoms in total. The van der Waals surface area contributed by atoms with Gasteiger partial charge in [-0.1, -0.05) is 24.3 Å². The lowest BCUT2D eigenvalue weighted by atomic mass is 10.2. The topological polar surface area (TPSA) is 75.9 Å². The molecule has 1 saturated heterocycles. The van der Waals surface area contributed by atoms with Crippen molar-refractivity contribution in [2.75, 3.05) is 11.4 Å². The van der Waals surface area contributed by atoms with Crippen LogP contribution in [-0.2, 0) is 17.9 Å². The van der Waals surface area contributed by atoms with Crippen LogP contribution in [0.25, 0.3) is 21.9 Å². The quantitative estimate of drug-likeness (QED) is 0.556. The molecule has 1 atom stereocenters. The van der Waals surface area contributed by atoms with E-state index in [0.717, 1.165) is 59.5 Å². The van der Waals surface area contributed by atoms with Gasteiger partial charge in [-0.25, -0.2) is 15.0 Å². The van der Waals surface area contributed by atoms with Crippen molar-refractivity contribution < 1.29 is 4.79 Å². The van der Waals surface area contributed by atoms with Gasteiger partial charge in [0.1, 0.15) is 24.0 Å². The van der Waals surface area contributed by atoms with Gasteiger partial charge in [-0.2, -0.15) is 0 Å². The van der Waals surface area contributed by atoms with E-state index >= 15 is 0 Å². The number of fused-ring (bicyclic) bond motifs is 2. The first-order valence-corrected chi connectivity index (χ1v) is 10.4. The number of hydrogen-bond acceptors (Lipinski definition) is 5. The van der Waals surface area contributed by atoms with Gasteiger partial charge in [0.15, 0.2) is 0 Å². The van der Waals surface area contributed by atoms with Crippen molar-refractivity contribution in [3.05, 3.63) is 60.7 Å². The number of benzene rings is 2. The van der Waals surface area contributed by atoms with Crippen molar-refractivity contribution >= 4 is 33.7 Å². The molecule has 0 radical (unpaired) electrons. The number of nitrogens with one attached hydrogen (secondary N) is 1. The van der Waals surface area contributed by atoms with Crippen molar-refractivity contribution in [3.63, 3.8) is 0 Å². The van der Waals surface area contributed by atoms with E-state index in [0.29, 0.717) is 6.54 Å². The summed E-state index contributed by atoms with van der Waals surface area (Å²) in [4.78, 5) is 28.8. The minimum Gasteiger partial charge on any atom is -0.347 e. The van der Waals surface area contributed by atoms with Crippen LogP contribution in [0.3, 0.4) is 0 Å². The number of imidazole rings is 1. The van der Waals surface area contributed by atoms with E-state index in [1.807, 2.05) is 42.5 Å². The number of para-hydroxylation sites is 3. The molecular formula is C23H24N6O. The summed E-state index contributed by atoms with van der Waals surface area (Å²) in [6.07, 6.45) is 3.35. The molecule has 3 heterocycles. The number of hydrogen-bond donors (Lipinski definition) is 1. The lowest BCUT2D eigenvalue weighted by Gasteiger charge is -2.25. The van der Waals surface area contributed by atoms with Gasteiger partial charge in [-0.15, -0.1) is 0 Å². The minimum absolute atomic E-state index is 0.0184. The van der Waals surface area contributed by atoms with Gasteiger partial charge >= 0.3 is 0 Å². The van der Waals surface area contributed by atoms with Gasteiger partial charge in [0, 0.05) is 18.5 Å². The number of aryl methyl sites for hydroxylation is 1. The molecule has 4 aromatic rings. The SMILES string of the molecule is CCn1c(CNC(=O)[C@@H]2CCCN2c2ncnc3ccccc23)nc2ccccc21. The second-order valence-electron chi connectivity index (χ2n) is 7.54. The zero-order valence-corrected chi connectivity index (χ0v) is 17.0. The third-order valence-electron chi connectivity index (χ3n) is 5.82. The maximum Gasteiger partial charge on any atom is 0.243 e. The Kier molecular flexibility index (Phi) is 4.78. The van der Waals surface area contributed by atoms with Gasteiger partial charge in [0.2, 0.25) is 5.91 Å². The first kappa shape index (κ1) is 18.5. The fourth-order valence-corrected chi connectivity index (χ4v) is 4.41. The number of amides is 1. The summed E-state index contributed by atoms with van der Waals surface area (Å²) >= 11 is 0. The highest BCUT2D eigenvalue weighted by Crippen LogP contribution is 2.29. The van der Waals surface area contributed by atoms with E-state index in [1.165, 1.54) is 0 Å². The van der Waals surface area contributed by atoms with Crippen molar-refractivity contribution in [1.29, 1.82) is 0 Å². The molecule has 0 aliphatic carbocycles. The number of carbonyl (C=O) groups is 1. The monoisotopic (exact) mass is 400 g/mol. The molecule has 152 valence electrons. The Bertz CT molecular complexity index is 1210. The Morgan fingerprint density at radius 1 is 1.10 bits per heavy atom. The van der Waals surface area contributed by atoms with Crippen LogP contribution in [0.4, 0.5) is 5.82 Å². The first-order valence-electron chi connectivity index (χ1n) is 10.4. The summed E-state index contributed by atoms with van der Waals surface area (Å²) < 4.78 is 2.15. The minimum atomic E-state index is -0.234. The van der Waals surface area contributed by atoms with Gasteiger partial charge < -0.3 is 14.8 Å². The molecule has 0 saturated carbocycles. The van der Waals surface area contributed by atoms with Crippen LogP contribution >= 0.6 is 0 Å². The second-order valence-corrected chi connectivity index (χ2v) is 7.54. The Morgan fingerprint density at radius 2 is 1.90 bits per heavy atom. The summed E-state index contributed by atoms with van der Waals surface area (Å²) in [5.74, 6) is 1.73. The van der Waals surface area contributed by atoms with E-state index in [9.17, 15) is 4.79 Å².